The van der Waals surface area contributed by atoms with Crippen molar-refractivity contribution in [1.29, 1.82) is 5.26 Å². The van der Waals surface area contributed by atoms with E-state index in [4.69, 9.17) is 15.1 Å². The number of likely N-dealkylation sites (tertiary alicyclic amines) is 1. The van der Waals surface area contributed by atoms with Crippen molar-refractivity contribution < 1.29 is 14.6 Å². The first-order chi connectivity index (χ1) is 14.7. The predicted octanol–water partition coefficient (Wildman–Crippen LogP) is 3.66. The minimum atomic E-state index is -0.503. The van der Waals surface area contributed by atoms with Gasteiger partial charge >= 0.3 is 6.09 Å². The summed E-state index contributed by atoms with van der Waals surface area (Å²) in [5.74, 6) is -0.00979. The lowest BCUT2D eigenvalue weighted by Crippen LogP contribution is -2.42. The SMILES string of the molecule is Cc1cc(-c2cc(O)c3c(C#N)cnn3c2)nn1C1CCN(C(=O)OC(C)(C)C)CC1. The number of pyridine rings is 1. The van der Waals surface area contributed by atoms with Crippen LogP contribution in [-0.2, 0) is 4.74 Å². The van der Waals surface area contributed by atoms with Crippen LogP contribution >= 0.6 is 0 Å². The number of hydrogen-bond acceptors (Lipinski definition) is 6. The Balaban J connectivity index is 1.52. The van der Waals surface area contributed by atoms with E-state index in [-0.39, 0.29) is 17.9 Å². The van der Waals surface area contributed by atoms with Gasteiger partial charge in [0.15, 0.2) is 0 Å². The van der Waals surface area contributed by atoms with Gasteiger partial charge in [-0.15, -0.1) is 0 Å². The zero-order valence-corrected chi connectivity index (χ0v) is 18.2. The van der Waals surface area contributed by atoms with E-state index in [1.807, 2.05) is 44.5 Å². The number of rotatable bonds is 2. The highest BCUT2D eigenvalue weighted by molar-refractivity contribution is 5.73. The van der Waals surface area contributed by atoms with Crippen LogP contribution in [0.15, 0.2) is 24.5 Å². The summed E-state index contributed by atoms with van der Waals surface area (Å²) < 4.78 is 8.96. The molecule has 0 radical (unpaired) electrons. The first-order valence-corrected chi connectivity index (χ1v) is 10.3. The summed E-state index contributed by atoms with van der Waals surface area (Å²) >= 11 is 0. The average molecular weight is 422 g/mol. The molecule has 31 heavy (non-hydrogen) atoms. The molecule has 0 aliphatic carbocycles. The summed E-state index contributed by atoms with van der Waals surface area (Å²) in [4.78, 5) is 14.1. The fourth-order valence-corrected chi connectivity index (χ4v) is 3.94. The third-order valence-electron chi connectivity index (χ3n) is 5.39. The lowest BCUT2D eigenvalue weighted by Gasteiger charge is -2.33. The van der Waals surface area contributed by atoms with E-state index >= 15 is 0 Å². The van der Waals surface area contributed by atoms with E-state index in [2.05, 4.69) is 5.10 Å². The number of amides is 1. The number of carbonyl (C=O) groups is 1. The van der Waals surface area contributed by atoms with Crippen LogP contribution in [0.3, 0.4) is 0 Å². The lowest BCUT2D eigenvalue weighted by atomic mass is 10.1. The zero-order valence-electron chi connectivity index (χ0n) is 18.2. The first-order valence-electron chi connectivity index (χ1n) is 10.3. The van der Waals surface area contributed by atoms with Gasteiger partial charge in [0, 0.05) is 30.5 Å². The number of aromatic nitrogens is 4. The number of ether oxygens (including phenoxy) is 1. The number of fused-ring (bicyclic) bond motifs is 1. The van der Waals surface area contributed by atoms with E-state index in [1.165, 1.54) is 10.7 Å². The van der Waals surface area contributed by atoms with Crippen LogP contribution in [-0.4, -0.2) is 54.2 Å². The van der Waals surface area contributed by atoms with Crippen molar-refractivity contribution in [2.24, 2.45) is 0 Å². The van der Waals surface area contributed by atoms with Gasteiger partial charge in [0.25, 0.3) is 0 Å². The Kier molecular flexibility index (Phi) is 5.09. The fraction of sp³-hybridized carbons (Fsp3) is 0.455. The van der Waals surface area contributed by atoms with E-state index in [1.54, 1.807) is 17.2 Å². The maximum absolute atomic E-state index is 12.3. The summed E-state index contributed by atoms with van der Waals surface area (Å²) in [6.45, 7) is 8.83. The molecule has 0 atom stereocenters. The van der Waals surface area contributed by atoms with Crippen LogP contribution in [0.5, 0.6) is 5.75 Å². The van der Waals surface area contributed by atoms with Crippen molar-refractivity contribution in [3.8, 4) is 23.1 Å². The number of nitriles is 1. The number of carbonyl (C=O) groups excluding carboxylic acids is 1. The minimum absolute atomic E-state index is 0.00979. The summed E-state index contributed by atoms with van der Waals surface area (Å²) in [6, 6.07) is 5.78. The first kappa shape index (κ1) is 20.7. The summed E-state index contributed by atoms with van der Waals surface area (Å²) in [7, 11) is 0. The molecule has 0 aromatic carbocycles. The Morgan fingerprint density at radius 3 is 2.65 bits per heavy atom. The number of aryl methyl sites for hydroxylation is 1. The van der Waals surface area contributed by atoms with Crippen molar-refractivity contribution >= 4 is 11.6 Å². The topological polar surface area (TPSA) is 109 Å². The van der Waals surface area contributed by atoms with Crippen LogP contribution < -0.4 is 0 Å². The van der Waals surface area contributed by atoms with Crippen LogP contribution in [0.2, 0.25) is 0 Å². The molecule has 1 saturated heterocycles. The van der Waals surface area contributed by atoms with Crippen LogP contribution in [0.25, 0.3) is 16.8 Å². The molecule has 0 spiro atoms. The van der Waals surface area contributed by atoms with Gasteiger partial charge in [-0.3, -0.25) is 4.68 Å². The average Bonchev–Trinajstić information content (AvgIpc) is 3.30. The minimum Gasteiger partial charge on any atom is -0.506 e. The Hall–Kier alpha value is -3.54. The lowest BCUT2D eigenvalue weighted by molar-refractivity contribution is 0.0184. The van der Waals surface area contributed by atoms with E-state index in [0.717, 1.165) is 24.2 Å². The third kappa shape index (κ3) is 4.06. The molecule has 4 rings (SSSR count). The molecule has 1 fully saturated rings. The molecule has 1 N–H and O–H groups in total. The largest absolute Gasteiger partial charge is 0.506 e. The summed E-state index contributed by atoms with van der Waals surface area (Å²) in [5, 5.41) is 28.5. The molecule has 0 saturated carbocycles. The molecule has 1 amide bonds. The standard InChI is InChI=1S/C22H26N6O3/c1-14-9-18(15-10-19(29)20-16(11-23)12-24-27(20)13-15)25-28(14)17-5-7-26(8-6-17)21(30)31-22(2,3)4/h9-10,12-13,17,29H,5-8H2,1-4H3. The van der Waals surface area contributed by atoms with E-state index in [0.29, 0.717) is 29.7 Å². The monoisotopic (exact) mass is 422 g/mol. The Morgan fingerprint density at radius 2 is 2.00 bits per heavy atom. The third-order valence-corrected chi connectivity index (χ3v) is 5.39. The smallest absolute Gasteiger partial charge is 0.410 e. The summed E-state index contributed by atoms with van der Waals surface area (Å²) in [6.07, 6.45) is 4.49. The van der Waals surface area contributed by atoms with Crippen LogP contribution in [0.4, 0.5) is 4.79 Å². The Labute approximate surface area is 180 Å². The number of hydrogen-bond donors (Lipinski definition) is 1. The molecule has 162 valence electrons. The van der Waals surface area contributed by atoms with Gasteiger partial charge in [-0.25, -0.2) is 9.31 Å². The predicted molar refractivity (Wildman–Crippen MR) is 114 cm³/mol. The highest BCUT2D eigenvalue weighted by atomic mass is 16.6. The Bertz CT molecular complexity index is 1170. The normalized spacial score (nSPS) is 15.3. The molecule has 0 bridgehead atoms. The maximum Gasteiger partial charge on any atom is 0.410 e. The summed E-state index contributed by atoms with van der Waals surface area (Å²) in [5.41, 5.74) is 2.64. The second kappa shape index (κ2) is 7.61. The highest BCUT2D eigenvalue weighted by Gasteiger charge is 2.28. The molecular formula is C22H26N6O3. The van der Waals surface area contributed by atoms with Crippen molar-refractivity contribution in [1.82, 2.24) is 24.3 Å². The maximum atomic E-state index is 12.3. The van der Waals surface area contributed by atoms with Crippen LogP contribution in [0.1, 0.15) is 50.9 Å². The van der Waals surface area contributed by atoms with Crippen molar-refractivity contribution in [2.45, 2.75) is 52.2 Å². The van der Waals surface area contributed by atoms with Gasteiger partial charge in [-0.1, -0.05) is 0 Å². The van der Waals surface area contributed by atoms with Crippen molar-refractivity contribution in [2.75, 3.05) is 13.1 Å². The van der Waals surface area contributed by atoms with Gasteiger partial charge in [-0.2, -0.15) is 15.5 Å². The van der Waals surface area contributed by atoms with Crippen molar-refractivity contribution in [3.05, 3.63) is 35.8 Å². The van der Waals surface area contributed by atoms with Gasteiger partial charge in [-0.05, 0) is 52.7 Å². The number of aromatic hydroxyl groups is 1. The van der Waals surface area contributed by atoms with Gasteiger partial charge in [0.2, 0.25) is 0 Å². The quantitative estimate of drug-likeness (QED) is 0.675. The molecule has 9 heteroatoms. The van der Waals surface area contributed by atoms with E-state index < -0.39 is 5.60 Å². The number of piperidine rings is 1. The second-order valence-corrected chi connectivity index (χ2v) is 8.89. The molecule has 4 heterocycles. The molecule has 3 aromatic rings. The van der Waals surface area contributed by atoms with Crippen molar-refractivity contribution in [3.63, 3.8) is 0 Å². The molecular weight excluding hydrogens is 396 g/mol. The van der Waals surface area contributed by atoms with E-state index in [9.17, 15) is 9.90 Å². The van der Waals surface area contributed by atoms with Gasteiger partial charge in [0.1, 0.15) is 28.5 Å². The van der Waals surface area contributed by atoms with Gasteiger partial charge in [0.05, 0.1) is 17.9 Å². The molecule has 3 aromatic heterocycles. The highest BCUT2D eigenvalue weighted by Crippen LogP contribution is 2.31. The van der Waals surface area contributed by atoms with Gasteiger partial charge < -0.3 is 14.7 Å². The fourth-order valence-electron chi connectivity index (χ4n) is 3.94. The second-order valence-electron chi connectivity index (χ2n) is 8.89. The molecule has 1 aliphatic heterocycles. The molecule has 1 aliphatic rings. The molecule has 9 nitrogen and oxygen atoms in total. The Morgan fingerprint density at radius 1 is 1.29 bits per heavy atom. The number of nitrogens with zero attached hydrogens (tertiary/aromatic N) is 6. The van der Waals surface area contributed by atoms with Crippen LogP contribution in [0, 0.1) is 18.3 Å². The molecule has 0 unspecified atom stereocenters. The zero-order chi connectivity index (χ0) is 22.3.